The van der Waals surface area contributed by atoms with Gasteiger partial charge in [-0.3, -0.25) is 14.8 Å². The lowest BCUT2D eigenvalue weighted by Gasteiger charge is -2.40. The van der Waals surface area contributed by atoms with E-state index in [-0.39, 0.29) is 17.7 Å². The molecule has 1 aromatic carbocycles. The van der Waals surface area contributed by atoms with E-state index in [9.17, 15) is 42.2 Å². The number of benzene rings is 1. The lowest BCUT2D eigenvalue weighted by Crippen LogP contribution is -2.24. The van der Waals surface area contributed by atoms with Crippen molar-refractivity contribution in [2.75, 3.05) is 0 Å². The average Bonchev–Trinajstić information content (AvgIpc) is 2.92. The lowest BCUT2D eigenvalue weighted by atomic mass is 10.1. The third-order valence-corrected chi connectivity index (χ3v) is 5.20. The van der Waals surface area contributed by atoms with Crippen molar-refractivity contribution in [1.82, 2.24) is 19.7 Å². The highest BCUT2D eigenvalue weighted by Gasteiger charge is 2.65. The lowest BCUT2D eigenvalue weighted by molar-refractivity contribution is -0.140. The van der Waals surface area contributed by atoms with Gasteiger partial charge in [-0.15, -0.1) is 0 Å². The summed E-state index contributed by atoms with van der Waals surface area (Å²) in [6, 6.07) is 0.227. The highest BCUT2D eigenvalue weighted by molar-refractivity contribution is 8.45. The Kier molecular flexibility index (Phi) is 3.89. The second-order valence-corrected chi connectivity index (χ2v) is 8.55. The monoisotopic (exact) mass is 450 g/mol. The van der Waals surface area contributed by atoms with Crippen LogP contribution in [0.4, 0.5) is 32.6 Å². The Balaban J connectivity index is 2.19. The molecule has 0 aliphatic rings. The Morgan fingerprint density at radius 1 is 1.00 bits per heavy atom. The van der Waals surface area contributed by atoms with Crippen molar-refractivity contribution in [2.24, 2.45) is 0 Å². The number of nitrogens with zero attached hydrogens (tertiary/aromatic N) is 2. The largest absolute Gasteiger partial charge is 0.436 e. The van der Waals surface area contributed by atoms with Gasteiger partial charge in [0.2, 0.25) is 0 Å². The SMILES string of the molecule is C[C@@H](c1ccc(S(F)(F)(F)(F)F)cc1)n1nc(C(F)(F)F)c2c(=O)[nH]c(=O)[nH]c21. The molecular formula is C14H10F8N4O2S. The van der Waals surface area contributed by atoms with Crippen molar-refractivity contribution < 1.29 is 32.6 Å². The summed E-state index contributed by atoms with van der Waals surface area (Å²) in [7, 11) is -9.93. The Labute approximate surface area is 154 Å². The van der Waals surface area contributed by atoms with Gasteiger partial charge in [0.05, 0.1) is 6.04 Å². The number of halogens is 8. The summed E-state index contributed by atoms with van der Waals surface area (Å²) in [4.78, 5) is 24.7. The van der Waals surface area contributed by atoms with Crippen LogP contribution in [0, 0.1) is 0 Å². The summed E-state index contributed by atoms with van der Waals surface area (Å²) < 4.78 is 104. The molecule has 3 aromatic rings. The molecule has 0 saturated heterocycles. The first-order valence-electron chi connectivity index (χ1n) is 7.54. The van der Waals surface area contributed by atoms with Gasteiger partial charge < -0.3 is 0 Å². The molecule has 0 saturated carbocycles. The van der Waals surface area contributed by atoms with Crippen molar-refractivity contribution in [3.05, 3.63) is 56.4 Å². The second-order valence-electron chi connectivity index (χ2n) is 6.14. The van der Waals surface area contributed by atoms with Gasteiger partial charge in [0.15, 0.2) is 5.69 Å². The van der Waals surface area contributed by atoms with Crippen LogP contribution in [0.5, 0.6) is 0 Å². The number of rotatable bonds is 3. The van der Waals surface area contributed by atoms with E-state index in [1.54, 1.807) is 4.98 Å². The fraction of sp³-hybridized carbons (Fsp3) is 0.214. The Bertz CT molecular complexity index is 1220. The maximum atomic E-state index is 13.2. The predicted molar refractivity (Wildman–Crippen MR) is 87.6 cm³/mol. The highest BCUT2D eigenvalue weighted by atomic mass is 32.5. The van der Waals surface area contributed by atoms with Crippen molar-refractivity contribution in [1.29, 1.82) is 0 Å². The van der Waals surface area contributed by atoms with Gasteiger partial charge in [-0.2, -0.15) is 18.3 Å². The summed E-state index contributed by atoms with van der Waals surface area (Å²) in [6.45, 7) is 1.20. The molecule has 0 fully saturated rings. The quantitative estimate of drug-likeness (QED) is 0.568. The van der Waals surface area contributed by atoms with E-state index in [0.717, 1.165) is 0 Å². The fourth-order valence-corrected chi connectivity index (χ4v) is 3.35. The number of fused-ring (bicyclic) bond motifs is 1. The standard InChI is InChI=1S/C14H10F8N4O2S/c1-6(7-2-4-8(5-3-7)29(18,19,20,21)22)26-11-9(10(25-26)14(15,16)17)12(27)24-13(28)23-11/h2-6H,1H3,(H2,23,24,27,28)/t6-/m0/s1. The van der Waals surface area contributed by atoms with Crippen LogP contribution < -0.4 is 11.2 Å². The summed E-state index contributed by atoms with van der Waals surface area (Å²) in [6.07, 6.45) is -5.08. The van der Waals surface area contributed by atoms with E-state index in [1.165, 1.54) is 6.92 Å². The maximum absolute atomic E-state index is 13.2. The van der Waals surface area contributed by atoms with E-state index >= 15 is 0 Å². The van der Waals surface area contributed by atoms with E-state index in [2.05, 4.69) is 5.10 Å². The van der Waals surface area contributed by atoms with Crippen LogP contribution in [0.15, 0.2) is 38.8 Å². The number of hydrogen-bond donors (Lipinski definition) is 2. The molecule has 15 heteroatoms. The number of hydrogen-bond acceptors (Lipinski definition) is 3. The molecule has 0 bridgehead atoms. The fourth-order valence-electron chi connectivity index (χ4n) is 2.70. The van der Waals surface area contributed by atoms with Crippen LogP contribution in [0.2, 0.25) is 0 Å². The van der Waals surface area contributed by atoms with Crippen molar-refractivity contribution in [3.63, 3.8) is 0 Å². The normalized spacial score (nSPS) is 16.4. The van der Waals surface area contributed by atoms with Gasteiger partial charge in [0.25, 0.3) is 5.56 Å². The summed E-state index contributed by atoms with van der Waals surface area (Å²) in [5.74, 6) is 0. The Morgan fingerprint density at radius 3 is 2.03 bits per heavy atom. The van der Waals surface area contributed by atoms with Gasteiger partial charge in [0.1, 0.15) is 15.9 Å². The van der Waals surface area contributed by atoms with Gasteiger partial charge in [-0.05, 0) is 24.6 Å². The zero-order chi connectivity index (χ0) is 22.1. The molecule has 0 aliphatic carbocycles. The molecule has 0 unspecified atom stereocenters. The zero-order valence-corrected chi connectivity index (χ0v) is 14.8. The molecule has 160 valence electrons. The van der Waals surface area contributed by atoms with Crippen LogP contribution in [-0.4, -0.2) is 19.7 Å². The van der Waals surface area contributed by atoms with Gasteiger partial charge in [-0.25, -0.2) is 9.48 Å². The van der Waals surface area contributed by atoms with E-state index in [4.69, 9.17) is 0 Å². The van der Waals surface area contributed by atoms with Crippen molar-refractivity contribution >= 4 is 21.3 Å². The number of H-pyrrole nitrogens is 2. The molecule has 29 heavy (non-hydrogen) atoms. The second kappa shape index (κ2) is 5.40. The van der Waals surface area contributed by atoms with E-state index < -0.39 is 55.3 Å². The molecule has 0 amide bonds. The molecular weight excluding hydrogens is 440 g/mol. The number of aromatic nitrogens is 4. The third-order valence-electron chi connectivity index (χ3n) is 4.04. The number of alkyl halides is 3. The number of aromatic amines is 2. The summed E-state index contributed by atoms with van der Waals surface area (Å²) >= 11 is 0. The maximum Gasteiger partial charge on any atom is 0.436 e. The minimum absolute atomic E-state index is 0.0965. The Hall–Kier alpha value is -2.84. The van der Waals surface area contributed by atoms with E-state index in [1.807, 2.05) is 4.98 Å². The first kappa shape index (κ1) is 20.9. The van der Waals surface area contributed by atoms with Crippen LogP contribution >= 0.6 is 10.2 Å². The molecule has 6 nitrogen and oxygen atoms in total. The Morgan fingerprint density at radius 2 is 1.55 bits per heavy atom. The first-order chi connectivity index (χ1) is 12.9. The minimum Gasteiger partial charge on any atom is -0.291 e. The van der Waals surface area contributed by atoms with Crippen LogP contribution in [0.1, 0.15) is 24.2 Å². The molecule has 0 radical (unpaired) electrons. The van der Waals surface area contributed by atoms with Gasteiger partial charge in [-0.1, -0.05) is 31.6 Å². The smallest absolute Gasteiger partial charge is 0.291 e. The van der Waals surface area contributed by atoms with Crippen LogP contribution in [-0.2, 0) is 6.18 Å². The predicted octanol–water partition coefficient (Wildman–Crippen LogP) is 4.70. The van der Waals surface area contributed by atoms with Crippen LogP contribution in [0.3, 0.4) is 0 Å². The molecule has 2 aromatic heterocycles. The van der Waals surface area contributed by atoms with E-state index in [0.29, 0.717) is 16.8 Å². The van der Waals surface area contributed by atoms with Gasteiger partial charge >= 0.3 is 22.1 Å². The molecule has 1 atom stereocenters. The highest BCUT2D eigenvalue weighted by Crippen LogP contribution is 3.02. The molecule has 3 rings (SSSR count). The van der Waals surface area contributed by atoms with Crippen molar-refractivity contribution in [3.8, 4) is 0 Å². The topological polar surface area (TPSA) is 83.5 Å². The zero-order valence-electron chi connectivity index (χ0n) is 14.0. The van der Waals surface area contributed by atoms with Crippen molar-refractivity contribution in [2.45, 2.75) is 24.0 Å². The molecule has 2 N–H and O–H groups in total. The number of nitrogens with one attached hydrogen (secondary N) is 2. The summed E-state index contributed by atoms with van der Waals surface area (Å²) in [5, 5.41) is 2.30. The average molecular weight is 450 g/mol. The molecule has 0 aliphatic heterocycles. The third kappa shape index (κ3) is 3.86. The molecule has 2 heterocycles. The first-order valence-corrected chi connectivity index (χ1v) is 9.49. The van der Waals surface area contributed by atoms with Crippen LogP contribution in [0.25, 0.3) is 11.0 Å². The van der Waals surface area contributed by atoms with Gasteiger partial charge in [0, 0.05) is 0 Å². The summed E-state index contributed by atoms with van der Waals surface area (Å²) in [5.41, 5.74) is -4.89. The molecule has 0 spiro atoms. The minimum atomic E-state index is -9.93.